The molecule has 4 fully saturated rings. The first kappa shape index (κ1) is 19.9. The Bertz CT molecular complexity index is 773. The predicted molar refractivity (Wildman–Crippen MR) is 115 cm³/mol. The van der Waals surface area contributed by atoms with Gasteiger partial charge in [0.2, 0.25) is 11.8 Å². The number of carbonyl (C=O) groups is 2. The van der Waals surface area contributed by atoms with E-state index in [0.29, 0.717) is 30.0 Å². The van der Waals surface area contributed by atoms with Gasteiger partial charge in [-0.3, -0.25) is 14.9 Å². The van der Waals surface area contributed by atoms with Gasteiger partial charge in [-0.25, -0.2) is 4.98 Å². The molecule has 0 aromatic carbocycles. The molecule has 162 valence electrons. The van der Waals surface area contributed by atoms with Crippen molar-refractivity contribution in [3.8, 4) is 0 Å². The van der Waals surface area contributed by atoms with E-state index in [1.807, 2.05) is 12.3 Å². The van der Waals surface area contributed by atoms with Gasteiger partial charge in [-0.15, -0.1) is 0 Å². The summed E-state index contributed by atoms with van der Waals surface area (Å²) in [5, 5.41) is 9.04. The molecule has 2 amide bonds. The third kappa shape index (κ3) is 4.10. The van der Waals surface area contributed by atoms with Crippen LogP contribution in [-0.4, -0.2) is 60.0 Å². The van der Waals surface area contributed by atoms with Crippen molar-refractivity contribution in [3.63, 3.8) is 0 Å². The van der Waals surface area contributed by atoms with Crippen LogP contribution in [0.2, 0.25) is 0 Å². The Morgan fingerprint density at radius 2 is 1.83 bits per heavy atom. The maximum atomic E-state index is 11.9. The first-order valence-corrected chi connectivity index (χ1v) is 11.6. The maximum absolute atomic E-state index is 11.9. The minimum absolute atomic E-state index is 0.194. The predicted octanol–water partition coefficient (Wildman–Crippen LogP) is 2.01. The van der Waals surface area contributed by atoms with Gasteiger partial charge in [0.1, 0.15) is 11.9 Å². The van der Waals surface area contributed by atoms with Crippen molar-refractivity contribution < 1.29 is 9.59 Å². The minimum atomic E-state index is -0.380. The normalized spacial score (nSPS) is 28.2. The lowest BCUT2D eigenvalue weighted by atomic mass is 9.60. The first-order chi connectivity index (χ1) is 14.6. The average molecular weight is 412 g/mol. The lowest BCUT2D eigenvalue weighted by molar-refractivity contribution is -0.133. The van der Waals surface area contributed by atoms with Crippen molar-refractivity contribution in [3.05, 3.63) is 23.9 Å². The topological polar surface area (TPSA) is 86.4 Å². The van der Waals surface area contributed by atoms with Crippen LogP contribution in [0.15, 0.2) is 18.3 Å². The fourth-order valence-corrected chi connectivity index (χ4v) is 5.90. The molecular weight excluding hydrogens is 378 g/mol. The monoisotopic (exact) mass is 411 g/mol. The zero-order chi connectivity index (χ0) is 20.6. The standard InChI is InChI=1S/C23H33N5O2/c29-21-4-2-19(22(30)27-21)26-20-3-1-17(15-25-20)16-5-11-28(12-6-16)18-13-23(14-18)7-9-24-10-8-23/h1,3,15-16,18-19,24H,2,4-14H2,(H,25,26)(H,27,29,30). The zero-order valence-electron chi connectivity index (χ0n) is 17.7. The van der Waals surface area contributed by atoms with Crippen LogP contribution in [0.1, 0.15) is 62.8 Å². The van der Waals surface area contributed by atoms with E-state index < -0.39 is 0 Å². The van der Waals surface area contributed by atoms with Crippen LogP contribution in [0.3, 0.4) is 0 Å². The van der Waals surface area contributed by atoms with Gasteiger partial charge in [-0.1, -0.05) is 6.07 Å². The van der Waals surface area contributed by atoms with Crippen LogP contribution in [0.5, 0.6) is 0 Å². The number of hydrogen-bond acceptors (Lipinski definition) is 6. The highest BCUT2D eigenvalue weighted by atomic mass is 16.2. The lowest BCUT2D eigenvalue weighted by Crippen LogP contribution is -2.55. The van der Waals surface area contributed by atoms with Crippen molar-refractivity contribution in [1.82, 2.24) is 20.5 Å². The number of imide groups is 1. The fourth-order valence-electron chi connectivity index (χ4n) is 5.90. The molecular formula is C23H33N5O2. The van der Waals surface area contributed by atoms with Crippen molar-refractivity contribution in [2.24, 2.45) is 5.41 Å². The molecule has 1 unspecified atom stereocenters. The number of pyridine rings is 1. The summed E-state index contributed by atoms with van der Waals surface area (Å²) >= 11 is 0. The van der Waals surface area contributed by atoms with Crippen molar-refractivity contribution >= 4 is 17.6 Å². The summed E-state index contributed by atoms with van der Waals surface area (Å²) in [5.41, 5.74) is 1.95. The fraction of sp³-hybridized carbons (Fsp3) is 0.696. The third-order valence-corrected chi connectivity index (χ3v) is 7.87. The molecule has 1 atom stereocenters. The number of carbonyl (C=O) groups excluding carboxylic acids is 2. The molecule has 3 N–H and O–H groups in total. The number of piperidine rings is 3. The van der Waals surface area contributed by atoms with Gasteiger partial charge in [0.05, 0.1) is 0 Å². The van der Waals surface area contributed by atoms with Crippen LogP contribution >= 0.6 is 0 Å². The Labute approximate surface area is 178 Å². The number of hydrogen-bond donors (Lipinski definition) is 3. The second-order valence-electron chi connectivity index (χ2n) is 9.75. The van der Waals surface area contributed by atoms with Gasteiger partial charge in [-0.2, -0.15) is 0 Å². The second kappa shape index (κ2) is 8.27. The SMILES string of the molecule is O=C1CCC(Nc2ccc(C3CCN(C4CC5(CCNCC5)C4)CC3)cn2)C(=O)N1. The number of nitrogens with zero attached hydrogens (tertiary/aromatic N) is 2. The van der Waals surface area contributed by atoms with E-state index in [0.717, 1.165) is 6.04 Å². The minimum Gasteiger partial charge on any atom is -0.358 e. The summed E-state index contributed by atoms with van der Waals surface area (Å²) in [6.07, 6.45) is 10.8. The van der Waals surface area contributed by atoms with Gasteiger partial charge >= 0.3 is 0 Å². The first-order valence-electron chi connectivity index (χ1n) is 11.6. The summed E-state index contributed by atoms with van der Waals surface area (Å²) in [4.78, 5) is 30.5. The highest BCUT2D eigenvalue weighted by Crippen LogP contribution is 2.50. The van der Waals surface area contributed by atoms with E-state index in [9.17, 15) is 9.59 Å². The van der Waals surface area contributed by atoms with E-state index >= 15 is 0 Å². The van der Waals surface area contributed by atoms with Crippen LogP contribution in [-0.2, 0) is 9.59 Å². The number of likely N-dealkylation sites (tertiary alicyclic amines) is 1. The van der Waals surface area contributed by atoms with E-state index in [-0.39, 0.29) is 17.9 Å². The highest BCUT2D eigenvalue weighted by molar-refractivity contribution is 6.01. The number of aromatic nitrogens is 1. The summed E-state index contributed by atoms with van der Waals surface area (Å²) in [5.74, 6) is 0.825. The van der Waals surface area contributed by atoms with Crippen LogP contribution in [0.4, 0.5) is 5.82 Å². The van der Waals surface area contributed by atoms with Gasteiger partial charge in [0, 0.05) is 18.7 Å². The van der Waals surface area contributed by atoms with Gasteiger partial charge in [0.25, 0.3) is 0 Å². The Morgan fingerprint density at radius 3 is 2.50 bits per heavy atom. The average Bonchev–Trinajstić information content (AvgIpc) is 2.75. The molecule has 1 aromatic rings. The van der Waals surface area contributed by atoms with Gasteiger partial charge < -0.3 is 15.5 Å². The molecule has 7 nitrogen and oxygen atoms in total. The molecule has 1 aliphatic carbocycles. The molecule has 30 heavy (non-hydrogen) atoms. The summed E-state index contributed by atoms with van der Waals surface area (Å²) < 4.78 is 0. The number of anilines is 1. The Kier molecular flexibility index (Phi) is 5.50. The van der Waals surface area contributed by atoms with Crippen molar-refractivity contribution in [1.29, 1.82) is 0 Å². The maximum Gasteiger partial charge on any atom is 0.249 e. The molecule has 3 aliphatic heterocycles. The van der Waals surface area contributed by atoms with Gasteiger partial charge in [-0.05, 0) is 94.1 Å². The summed E-state index contributed by atoms with van der Waals surface area (Å²) in [6, 6.07) is 4.55. The van der Waals surface area contributed by atoms with E-state index in [4.69, 9.17) is 0 Å². The van der Waals surface area contributed by atoms with Gasteiger partial charge in [0.15, 0.2) is 0 Å². The third-order valence-electron chi connectivity index (χ3n) is 7.87. The highest BCUT2D eigenvalue weighted by Gasteiger charge is 2.47. The van der Waals surface area contributed by atoms with Crippen LogP contribution < -0.4 is 16.0 Å². The van der Waals surface area contributed by atoms with E-state index in [1.165, 1.54) is 70.3 Å². The number of amides is 2. The molecule has 4 aliphatic rings. The molecule has 5 rings (SSSR count). The largest absolute Gasteiger partial charge is 0.358 e. The van der Waals surface area contributed by atoms with Crippen LogP contribution in [0, 0.1) is 5.41 Å². The van der Waals surface area contributed by atoms with Crippen molar-refractivity contribution in [2.45, 2.75) is 69.4 Å². The Hall–Kier alpha value is -1.99. The van der Waals surface area contributed by atoms with E-state index in [2.05, 4.69) is 31.9 Å². The Morgan fingerprint density at radius 1 is 1.07 bits per heavy atom. The molecule has 3 saturated heterocycles. The molecule has 1 aromatic heterocycles. The number of rotatable bonds is 4. The molecule has 1 saturated carbocycles. The second-order valence-corrected chi connectivity index (χ2v) is 9.75. The molecule has 0 bridgehead atoms. The van der Waals surface area contributed by atoms with Crippen molar-refractivity contribution in [2.75, 3.05) is 31.5 Å². The summed E-state index contributed by atoms with van der Waals surface area (Å²) in [7, 11) is 0. The quantitative estimate of drug-likeness (QED) is 0.657. The van der Waals surface area contributed by atoms with Crippen LogP contribution in [0.25, 0.3) is 0 Å². The molecule has 4 heterocycles. The lowest BCUT2D eigenvalue weighted by Gasteiger charge is -2.55. The van der Waals surface area contributed by atoms with E-state index in [1.54, 1.807) is 0 Å². The smallest absolute Gasteiger partial charge is 0.249 e. The Balaban J connectivity index is 1.10. The zero-order valence-corrected chi connectivity index (χ0v) is 17.7. The molecule has 0 radical (unpaired) electrons. The number of nitrogens with one attached hydrogen (secondary N) is 3. The molecule has 7 heteroatoms. The molecule has 1 spiro atoms. The summed E-state index contributed by atoms with van der Waals surface area (Å²) in [6.45, 7) is 4.80.